The molecule has 0 aliphatic rings. The number of hydrogen-bond acceptors (Lipinski definition) is 5. The average Bonchev–Trinajstić information content (AvgIpc) is 2.49. The molecule has 0 aliphatic carbocycles. The second-order valence-corrected chi connectivity index (χ2v) is 3.93. The zero-order chi connectivity index (χ0) is 15.0. The van der Waals surface area contributed by atoms with Crippen molar-refractivity contribution in [2.24, 2.45) is 0 Å². The fraction of sp³-hybridized carbons (Fsp3) is 0.267. The van der Waals surface area contributed by atoms with Gasteiger partial charge in [-0.05, 0) is 32.0 Å². The third-order valence-corrected chi connectivity index (χ3v) is 2.83. The van der Waals surface area contributed by atoms with Crippen LogP contribution < -0.4 is 10.2 Å². The average molecular weight is 265 g/mol. The summed E-state index contributed by atoms with van der Waals surface area (Å²) < 4.78 is 0. The van der Waals surface area contributed by atoms with Crippen molar-refractivity contribution in [3.63, 3.8) is 0 Å². The van der Waals surface area contributed by atoms with Crippen LogP contribution in [-0.4, -0.2) is 13.1 Å². The molecule has 0 saturated heterocycles. The normalized spacial score (nSPS) is 8.75. The Labute approximate surface area is 119 Å². The van der Waals surface area contributed by atoms with Crippen molar-refractivity contribution >= 4 is 11.4 Å². The van der Waals surface area contributed by atoms with Crippen molar-refractivity contribution in [2.75, 3.05) is 23.3 Å². The molecule has 0 radical (unpaired) electrons. The molecule has 0 heterocycles. The molecule has 0 aromatic heterocycles. The Balaban J connectivity index is 3.09. The highest BCUT2D eigenvalue weighted by atomic mass is 15.1. The lowest BCUT2D eigenvalue weighted by Gasteiger charge is -2.21. The predicted octanol–water partition coefficient (Wildman–Crippen LogP) is 2.77. The van der Waals surface area contributed by atoms with Crippen molar-refractivity contribution in [2.45, 2.75) is 13.8 Å². The number of rotatable bonds is 5. The number of allylic oxidation sites excluding steroid dienone is 2. The highest BCUT2D eigenvalue weighted by molar-refractivity contribution is 5.63. The molecule has 20 heavy (non-hydrogen) atoms. The molecule has 1 rings (SSSR count). The molecule has 0 fully saturated rings. The Hall–Kier alpha value is -2.97. The van der Waals surface area contributed by atoms with E-state index in [-0.39, 0.29) is 11.3 Å². The van der Waals surface area contributed by atoms with Crippen LogP contribution in [0.15, 0.2) is 35.5 Å². The molecule has 0 aliphatic heterocycles. The fourth-order valence-corrected chi connectivity index (χ4v) is 1.80. The van der Waals surface area contributed by atoms with E-state index in [4.69, 9.17) is 15.8 Å². The standard InChI is InChI=1S/C15H15N5/c1-3-20(4-2)14-7-5-6-13(8-14)19-15(11-18)12(9-16)10-17/h5-8,19H,3-4H2,1-2H3. The smallest absolute Gasteiger partial charge is 0.163 e. The van der Waals surface area contributed by atoms with Gasteiger partial charge in [-0.15, -0.1) is 0 Å². The monoisotopic (exact) mass is 265 g/mol. The summed E-state index contributed by atoms with van der Waals surface area (Å²) in [6.07, 6.45) is 0. The number of nitrogens with zero attached hydrogens (tertiary/aromatic N) is 4. The summed E-state index contributed by atoms with van der Waals surface area (Å²) in [6, 6.07) is 12.8. The summed E-state index contributed by atoms with van der Waals surface area (Å²) in [6.45, 7) is 5.88. The van der Waals surface area contributed by atoms with E-state index in [1.54, 1.807) is 18.2 Å². The number of nitrogens with one attached hydrogen (secondary N) is 1. The summed E-state index contributed by atoms with van der Waals surface area (Å²) in [5.41, 5.74) is 1.44. The van der Waals surface area contributed by atoms with Gasteiger partial charge in [-0.1, -0.05) is 6.07 Å². The van der Waals surface area contributed by atoms with E-state index in [0.717, 1.165) is 18.8 Å². The third kappa shape index (κ3) is 3.51. The van der Waals surface area contributed by atoms with Crippen LogP contribution in [0.5, 0.6) is 0 Å². The SMILES string of the molecule is CCN(CC)c1cccc(NC(C#N)=C(C#N)C#N)c1. The lowest BCUT2D eigenvalue weighted by Crippen LogP contribution is -2.21. The van der Waals surface area contributed by atoms with Crippen LogP contribution in [-0.2, 0) is 0 Å². The Morgan fingerprint density at radius 3 is 2.25 bits per heavy atom. The van der Waals surface area contributed by atoms with Crippen molar-refractivity contribution < 1.29 is 0 Å². The lowest BCUT2D eigenvalue weighted by atomic mass is 10.2. The van der Waals surface area contributed by atoms with E-state index in [9.17, 15) is 0 Å². The van der Waals surface area contributed by atoms with E-state index in [1.807, 2.05) is 24.3 Å². The third-order valence-electron chi connectivity index (χ3n) is 2.83. The highest BCUT2D eigenvalue weighted by Crippen LogP contribution is 2.20. The zero-order valence-electron chi connectivity index (χ0n) is 11.5. The molecule has 0 spiro atoms. The van der Waals surface area contributed by atoms with Gasteiger partial charge < -0.3 is 10.2 Å². The predicted molar refractivity (Wildman–Crippen MR) is 77.5 cm³/mol. The Kier molecular flexibility index (Phi) is 5.63. The molecule has 1 aromatic rings. The summed E-state index contributed by atoms with van der Waals surface area (Å²) >= 11 is 0. The van der Waals surface area contributed by atoms with Gasteiger partial charge in [0.2, 0.25) is 0 Å². The Morgan fingerprint density at radius 1 is 1.10 bits per heavy atom. The van der Waals surface area contributed by atoms with Gasteiger partial charge in [-0.2, -0.15) is 15.8 Å². The van der Waals surface area contributed by atoms with Gasteiger partial charge in [-0.3, -0.25) is 0 Å². The molecule has 0 amide bonds. The molecule has 1 aromatic carbocycles. The maximum absolute atomic E-state index is 9.01. The van der Waals surface area contributed by atoms with Gasteiger partial charge in [-0.25, -0.2) is 0 Å². The lowest BCUT2D eigenvalue weighted by molar-refractivity contribution is 0.866. The molecule has 0 bridgehead atoms. The second kappa shape index (κ2) is 7.46. The van der Waals surface area contributed by atoms with Crippen LogP contribution in [0.25, 0.3) is 0 Å². The first-order valence-corrected chi connectivity index (χ1v) is 6.26. The molecule has 0 saturated carbocycles. The topological polar surface area (TPSA) is 86.6 Å². The maximum Gasteiger partial charge on any atom is 0.163 e. The molecule has 5 heteroatoms. The maximum atomic E-state index is 9.01. The minimum Gasteiger partial charge on any atom is -0.372 e. The summed E-state index contributed by atoms with van der Waals surface area (Å²) in [4.78, 5) is 2.16. The molecule has 5 nitrogen and oxygen atoms in total. The first-order valence-electron chi connectivity index (χ1n) is 6.26. The van der Waals surface area contributed by atoms with E-state index in [2.05, 4.69) is 24.1 Å². The Morgan fingerprint density at radius 2 is 1.75 bits per heavy atom. The van der Waals surface area contributed by atoms with E-state index >= 15 is 0 Å². The van der Waals surface area contributed by atoms with Crippen LogP contribution in [0, 0.1) is 34.0 Å². The molecule has 100 valence electrons. The van der Waals surface area contributed by atoms with E-state index < -0.39 is 0 Å². The summed E-state index contributed by atoms with van der Waals surface area (Å²) in [5, 5.41) is 29.4. The van der Waals surface area contributed by atoms with E-state index in [1.165, 1.54) is 0 Å². The minimum atomic E-state index is -0.222. The highest BCUT2D eigenvalue weighted by Gasteiger charge is 2.07. The fourth-order valence-electron chi connectivity index (χ4n) is 1.80. The first-order chi connectivity index (χ1) is 9.69. The van der Waals surface area contributed by atoms with Gasteiger partial charge in [0.15, 0.2) is 5.57 Å². The summed E-state index contributed by atoms with van der Waals surface area (Å²) in [7, 11) is 0. The van der Waals surface area contributed by atoms with E-state index in [0.29, 0.717) is 5.69 Å². The Bertz CT molecular complexity index is 605. The van der Waals surface area contributed by atoms with Gasteiger partial charge in [0.05, 0.1) is 0 Å². The van der Waals surface area contributed by atoms with Crippen LogP contribution >= 0.6 is 0 Å². The molecular weight excluding hydrogens is 250 g/mol. The van der Waals surface area contributed by atoms with Gasteiger partial charge in [0, 0.05) is 24.5 Å². The minimum absolute atomic E-state index is 0.0355. The summed E-state index contributed by atoms with van der Waals surface area (Å²) in [5.74, 6) is 0. The number of nitriles is 3. The second-order valence-electron chi connectivity index (χ2n) is 3.93. The molecule has 0 atom stereocenters. The number of anilines is 2. The van der Waals surface area contributed by atoms with Crippen LogP contribution in [0.4, 0.5) is 11.4 Å². The van der Waals surface area contributed by atoms with Crippen LogP contribution in [0.1, 0.15) is 13.8 Å². The van der Waals surface area contributed by atoms with Crippen molar-refractivity contribution in [1.29, 1.82) is 15.8 Å². The van der Waals surface area contributed by atoms with Crippen LogP contribution in [0.2, 0.25) is 0 Å². The van der Waals surface area contributed by atoms with Crippen molar-refractivity contribution in [1.82, 2.24) is 0 Å². The number of hydrogen-bond donors (Lipinski definition) is 1. The quantitative estimate of drug-likeness (QED) is 0.827. The largest absolute Gasteiger partial charge is 0.372 e. The van der Waals surface area contributed by atoms with Gasteiger partial charge in [0.25, 0.3) is 0 Å². The van der Waals surface area contributed by atoms with Crippen molar-refractivity contribution in [3.8, 4) is 18.2 Å². The van der Waals surface area contributed by atoms with Gasteiger partial charge in [0.1, 0.15) is 23.9 Å². The van der Waals surface area contributed by atoms with Crippen LogP contribution in [0.3, 0.4) is 0 Å². The van der Waals surface area contributed by atoms with Gasteiger partial charge >= 0.3 is 0 Å². The molecular formula is C15H15N5. The number of benzene rings is 1. The zero-order valence-corrected chi connectivity index (χ0v) is 11.5. The molecule has 0 unspecified atom stereocenters. The van der Waals surface area contributed by atoms with Crippen molar-refractivity contribution in [3.05, 3.63) is 35.5 Å². The first kappa shape index (κ1) is 15.1. The molecule has 1 N–H and O–H groups in total.